The molecule has 2 aliphatic rings. The first-order valence-corrected chi connectivity index (χ1v) is 6.65. The van der Waals surface area contributed by atoms with Gasteiger partial charge in [0.15, 0.2) is 0 Å². The highest BCUT2D eigenvalue weighted by Crippen LogP contribution is 2.35. The van der Waals surface area contributed by atoms with Crippen LogP contribution in [-0.4, -0.2) is 17.3 Å². The third kappa shape index (κ3) is 3.76. The van der Waals surface area contributed by atoms with Crippen LogP contribution < -0.4 is 5.73 Å². The first-order chi connectivity index (χ1) is 7.25. The van der Waals surface area contributed by atoms with Gasteiger partial charge in [0.1, 0.15) is 0 Å². The van der Waals surface area contributed by atoms with Crippen LogP contribution in [0.1, 0.15) is 57.8 Å². The number of rotatable bonds is 5. The van der Waals surface area contributed by atoms with Crippen LogP contribution >= 0.6 is 0 Å². The molecule has 2 rings (SSSR count). The maximum atomic E-state index is 9.87. The highest BCUT2D eigenvalue weighted by molar-refractivity contribution is 4.83. The van der Waals surface area contributed by atoms with Gasteiger partial charge in [0.05, 0.1) is 6.10 Å². The number of aliphatic hydroxyl groups excluding tert-OH is 1. The summed E-state index contributed by atoms with van der Waals surface area (Å²) >= 11 is 0. The van der Waals surface area contributed by atoms with Crippen molar-refractivity contribution in [3.05, 3.63) is 0 Å². The van der Waals surface area contributed by atoms with Crippen molar-refractivity contribution >= 4 is 0 Å². The number of hydrogen-bond acceptors (Lipinski definition) is 1. The molecule has 0 spiro atoms. The molecule has 2 aliphatic carbocycles. The van der Waals surface area contributed by atoms with Crippen molar-refractivity contribution in [3.8, 4) is 0 Å². The molecular weight excluding hydrogens is 186 g/mol. The summed E-state index contributed by atoms with van der Waals surface area (Å²) in [5.74, 6) is 1.48. The Morgan fingerprint density at radius 1 is 0.933 bits per heavy atom. The van der Waals surface area contributed by atoms with Crippen molar-refractivity contribution in [3.63, 3.8) is 0 Å². The Labute approximate surface area is 93.2 Å². The highest BCUT2D eigenvalue weighted by atomic mass is 16.3. The van der Waals surface area contributed by atoms with Crippen molar-refractivity contribution in [2.24, 2.45) is 11.8 Å². The predicted molar refractivity (Wildman–Crippen MR) is 61.4 cm³/mol. The van der Waals surface area contributed by atoms with E-state index in [0.717, 1.165) is 24.7 Å². The van der Waals surface area contributed by atoms with Gasteiger partial charge in [-0.2, -0.15) is 0 Å². The van der Waals surface area contributed by atoms with Crippen LogP contribution in [0, 0.1) is 11.8 Å². The van der Waals surface area contributed by atoms with E-state index in [1.165, 1.54) is 44.9 Å². The van der Waals surface area contributed by atoms with Crippen LogP contribution in [0.25, 0.3) is 0 Å². The van der Waals surface area contributed by atoms with E-state index in [1.807, 2.05) is 0 Å². The summed E-state index contributed by atoms with van der Waals surface area (Å²) in [5, 5.41) is 9.87. The Morgan fingerprint density at radius 2 is 1.53 bits per heavy atom. The number of nitrogens with one attached hydrogen (secondary N) is 1. The van der Waals surface area contributed by atoms with Gasteiger partial charge in [-0.15, -0.1) is 0 Å². The minimum absolute atomic E-state index is 0.214. The van der Waals surface area contributed by atoms with Crippen LogP contribution in [0.3, 0.4) is 0 Å². The molecule has 0 bridgehead atoms. The molecule has 2 heteroatoms. The summed E-state index contributed by atoms with van der Waals surface area (Å²) in [5.41, 5.74) is 7.99. The van der Waals surface area contributed by atoms with Crippen LogP contribution in [0.5, 0.6) is 0 Å². The Morgan fingerprint density at radius 3 is 2.13 bits per heavy atom. The molecule has 0 unspecified atom stereocenters. The SMILES string of the molecule is [NH][C@@H](CC1CCCCC1)[C@@H](O)CC1CC1. The number of hydrogen-bond donors (Lipinski definition) is 1. The Hall–Kier alpha value is -0.0800. The smallest absolute Gasteiger partial charge is 0.0709 e. The van der Waals surface area contributed by atoms with Crippen molar-refractivity contribution in [1.29, 1.82) is 0 Å². The van der Waals surface area contributed by atoms with E-state index in [1.54, 1.807) is 0 Å². The number of aliphatic hydroxyl groups is 1. The lowest BCUT2D eigenvalue weighted by Gasteiger charge is -2.26. The molecule has 0 aromatic carbocycles. The van der Waals surface area contributed by atoms with E-state index in [4.69, 9.17) is 5.73 Å². The fraction of sp³-hybridized carbons (Fsp3) is 1.00. The minimum atomic E-state index is -0.348. The Kier molecular flexibility index (Phi) is 4.04. The van der Waals surface area contributed by atoms with E-state index >= 15 is 0 Å². The third-order valence-corrected chi connectivity index (χ3v) is 4.05. The van der Waals surface area contributed by atoms with Gasteiger partial charge in [-0.3, -0.25) is 5.73 Å². The molecule has 2 nitrogen and oxygen atoms in total. The molecule has 0 amide bonds. The van der Waals surface area contributed by atoms with Crippen molar-refractivity contribution < 1.29 is 5.11 Å². The lowest BCUT2D eigenvalue weighted by molar-refractivity contribution is 0.109. The van der Waals surface area contributed by atoms with E-state index in [-0.39, 0.29) is 12.1 Å². The van der Waals surface area contributed by atoms with Gasteiger partial charge in [0, 0.05) is 6.04 Å². The zero-order valence-electron chi connectivity index (χ0n) is 9.62. The molecule has 2 fully saturated rings. The van der Waals surface area contributed by atoms with Crippen LogP contribution in [0.4, 0.5) is 0 Å². The fourth-order valence-corrected chi connectivity index (χ4v) is 2.80. The van der Waals surface area contributed by atoms with Gasteiger partial charge in [0.25, 0.3) is 0 Å². The molecule has 0 saturated heterocycles. The second-order valence-corrected chi connectivity index (χ2v) is 5.59. The summed E-state index contributed by atoms with van der Waals surface area (Å²) in [6, 6.07) is -0.214. The Balaban J connectivity index is 1.66. The summed E-state index contributed by atoms with van der Waals surface area (Å²) in [6.07, 6.45) is 10.7. The quantitative estimate of drug-likeness (QED) is 0.745. The fourth-order valence-electron chi connectivity index (χ4n) is 2.80. The molecule has 2 atom stereocenters. The van der Waals surface area contributed by atoms with Crippen LogP contribution in [-0.2, 0) is 0 Å². The molecule has 15 heavy (non-hydrogen) atoms. The van der Waals surface area contributed by atoms with Gasteiger partial charge in [0.2, 0.25) is 0 Å². The van der Waals surface area contributed by atoms with Gasteiger partial charge in [-0.05, 0) is 24.7 Å². The van der Waals surface area contributed by atoms with E-state index < -0.39 is 0 Å². The molecule has 0 heterocycles. The van der Waals surface area contributed by atoms with Crippen LogP contribution in [0.2, 0.25) is 0 Å². The molecule has 0 aliphatic heterocycles. The lowest BCUT2D eigenvalue weighted by Crippen LogP contribution is -2.30. The first-order valence-electron chi connectivity index (χ1n) is 6.65. The van der Waals surface area contributed by atoms with Gasteiger partial charge < -0.3 is 5.11 Å². The van der Waals surface area contributed by atoms with Gasteiger partial charge >= 0.3 is 0 Å². The molecular formula is C13H24NO. The monoisotopic (exact) mass is 210 g/mol. The Bertz CT molecular complexity index is 185. The average Bonchev–Trinajstić information content (AvgIpc) is 3.03. The maximum absolute atomic E-state index is 9.87. The second-order valence-electron chi connectivity index (χ2n) is 5.59. The third-order valence-electron chi connectivity index (χ3n) is 4.05. The topological polar surface area (TPSA) is 44.0 Å². The van der Waals surface area contributed by atoms with E-state index in [9.17, 15) is 5.11 Å². The first kappa shape index (κ1) is 11.4. The summed E-state index contributed by atoms with van der Waals surface area (Å²) in [4.78, 5) is 0. The van der Waals surface area contributed by atoms with E-state index in [2.05, 4.69) is 0 Å². The van der Waals surface area contributed by atoms with Gasteiger partial charge in [-0.25, -0.2) is 0 Å². The summed E-state index contributed by atoms with van der Waals surface area (Å²) < 4.78 is 0. The summed E-state index contributed by atoms with van der Waals surface area (Å²) in [7, 11) is 0. The molecule has 2 saturated carbocycles. The van der Waals surface area contributed by atoms with Gasteiger partial charge in [-0.1, -0.05) is 44.9 Å². The lowest BCUT2D eigenvalue weighted by atomic mass is 9.83. The minimum Gasteiger partial charge on any atom is -0.391 e. The van der Waals surface area contributed by atoms with Crippen LogP contribution in [0.15, 0.2) is 0 Å². The molecule has 87 valence electrons. The molecule has 2 N–H and O–H groups in total. The van der Waals surface area contributed by atoms with Crippen molar-refractivity contribution in [2.75, 3.05) is 0 Å². The standard InChI is InChI=1S/C13H24NO/c14-12(13(15)9-11-6-7-11)8-10-4-2-1-3-5-10/h10-15H,1-9H2/t12-,13-/m0/s1. The zero-order valence-corrected chi connectivity index (χ0v) is 9.62. The largest absolute Gasteiger partial charge is 0.391 e. The molecule has 0 aromatic rings. The summed E-state index contributed by atoms with van der Waals surface area (Å²) in [6.45, 7) is 0. The average molecular weight is 210 g/mol. The van der Waals surface area contributed by atoms with Crippen molar-refractivity contribution in [2.45, 2.75) is 69.9 Å². The zero-order chi connectivity index (χ0) is 10.7. The highest BCUT2D eigenvalue weighted by Gasteiger charge is 2.29. The van der Waals surface area contributed by atoms with Crippen molar-refractivity contribution in [1.82, 2.24) is 5.73 Å². The molecule has 0 aromatic heterocycles. The molecule has 1 radical (unpaired) electrons. The predicted octanol–water partition coefficient (Wildman–Crippen LogP) is 2.77. The normalized spacial score (nSPS) is 27.6. The van der Waals surface area contributed by atoms with E-state index in [0.29, 0.717) is 0 Å². The second kappa shape index (κ2) is 5.31. The maximum Gasteiger partial charge on any atom is 0.0709 e.